The molecule has 4 heterocycles. The van der Waals surface area contributed by atoms with Gasteiger partial charge < -0.3 is 4.40 Å². The summed E-state index contributed by atoms with van der Waals surface area (Å²) in [6.45, 7) is 0.00424. The van der Waals surface area contributed by atoms with Crippen molar-refractivity contribution in [3.05, 3.63) is 65.1 Å². The number of hydrogen-bond acceptors (Lipinski definition) is 4. The topological polar surface area (TPSA) is 85.8 Å². The van der Waals surface area contributed by atoms with Crippen molar-refractivity contribution in [1.82, 2.24) is 19.6 Å². The minimum absolute atomic E-state index is 0.00424. The number of carbonyl (C=O) groups is 3. The number of halogens is 1. The molecule has 1 atom stereocenters. The maximum Gasteiger partial charge on any atom is 0.267 e. The molecule has 3 aromatic rings. The summed E-state index contributed by atoms with van der Waals surface area (Å²) in [5, 5.41) is 4.36. The molecule has 1 unspecified atom stereocenters. The molecule has 3 amide bonds. The number of fused-ring (bicyclic) bond motifs is 3. The van der Waals surface area contributed by atoms with Gasteiger partial charge in [0.05, 0.1) is 24.3 Å². The number of carbonyl (C=O) groups excluding carboxylic acids is 3. The second kappa shape index (κ2) is 5.40. The largest absolute Gasteiger partial charge is 0.307 e. The Kier molecular flexibility index (Phi) is 3.21. The summed E-state index contributed by atoms with van der Waals surface area (Å²) in [5.41, 5.74) is 0.464. The summed E-state index contributed by atoms with van der Waals surface area (Å²) in [7, 11) is 0. The molecular weight excluding hydrogens is 368 g/mol. The van der Waals surface area contributed by atoms with Gasteiger partial charge in [-0.3, -0.25) is 19.3 Å². The molecule has 2 aliphatic heterocycles. The Morgan fingerprint density at radius 3 is 2.81 bits per heavy atom. The Balaban J connectivity index is 1.54. The van der Waals surface area contributed by atoms with Crippen LogP contribution in [0.25, 0.3) is 5.65 Å². The monoisotopic (exact) mass is 379 g/mol. The van der Waals surface area contributed by atoms with Crippen molar-refractivity contribution in [3.8, 4) is 0 Å². The predicted molar refractivity (Wildman–Crippen MR) is 95.3 cm³/mol. The lowest BCUT2D eigenvalue weighted by Gasteiger charge is -2.19. The van der Waals surface area contributed by atoms with Crippen molar-refractivity contribution in [2.24, 2.45) is 0 Å². The van der Waals surface area contributed by atoms with Crippen LogP contribution in [0.4, 0.5) is 5.69 Å². The SMILES string of the molecule is O=C1CC2(C(=O)[N]c3ccc(Cl)cc32)C(=O)N1Cc1cn2ccccc2n1. The number of amides is 3. The second-order valence-corrected chi connectivity index (χ2v) is 7.08. The first-order chi connectivity index (χ1) is 13.0. The fraction of sp³-hybridized carbons (Fsp3) is 0.158. The first kappa shape index (κ1) is 16.0. The second-order valence-electron chi connectivity index (χ2n) is 6.64. The molecule has 2 aromatic heterocycles. The number of imide groups is 1. The van der Waals surface area contributed by atoms with Crippen molar-refractivity contribution in [2.75, 3.05) is 0 Å². The van der Waals surface area contributed by atoms with Crippen LogP contribution >= 0.6 is 11.6 Å². The van der Waals surface area contributed by atoms with Gasteiger partial charge in [0.2, 0.25) is 11.8 Å². The third-order valence-corrected chi connectivity index (χ3v) is 5.30. The van der Waals surface area contributed by atoms with E-state index in [4.69, 9.17) is 11.6 Å². The van der Waals surface area contributed by atoms with Crippen LogP contribution in [0.3, 0.4) is 0 Å². The molecule has 8 heteroatoms. The Labute approximate surface area is 158 Å². The quantitative estimate of drug-likeness (QED) is 0.503. The first-order valence-electron chi connectivity index (χ1n) is 8.33. The van der Waals surface area contributed by atoms with E-state index in [-0.39, 0.29) is 13.0 Å². The van der Waals surface area contributed by atoms with E-state index in [2.05, 4.69) is 10.3 Å². The van der Waals surface area contributed by atoms with Crippen LogP contribution in [0.1, 0.15) is 17.7 Å². The number of aromatic nitrogens is 2. The minimum Gasteiger partial charge on any atom is -0.307 e. The average Bonchev–Trinajstić information content (AvgIpc) is 3.25. The highest BCUT2D eigenvalue weighted by atomic mass is 35.5. The molecule has 27 heavy (non-hydrogen) atoms. The van der Waals surface area contributed by atoms with E-state index in [9.17, 15) is 14.4 Å². The highest BCUT2D eigenvalue weighted by Gasteiger charge is 2.62. The zero-order chi connectivity index (χ0) is 18.8. The lowest BCUT2D eigenvalue weighted by molar-refractivity contribution is -0.142. The first-order valence-corrected chi connectivity index (χ1v) is 8.70. The number of imidazole rings is 1. The summed E-state index contributed by atoms with van der Waals surface area (Å²) >= 11 is 6.05. The van der Waals surface area contributed by atoms with Crippen LogP contribution in [-0.2, 0) is 26.3 Å². The van der Waals surface area contributed by atoms with Crippen LogP contribution in [0.2, 0.25) is 5.02 Å². The molecule has 7 nitrogen and oxygen atoms in total. The van der Waals surface area contributed by atoms with Crippen LogP contribution in [0.15, 0.2) is 48.8 Å². The molecule has 0 aliphatic carbocycles. The van der Waals surface area contributed by atoms with Gasteiger partial charge in [0.15, 0.2) is 5.41 Å². The van der Waals surface area contributed by atoms with E-state index >= 15 is 0 Å². The van der Waals surface area contributed by atoms with Gasteiger partial charge >= 0.3 is 0 Å². The third-order valence-electron chi connectivity index (χ3n) is 5.07. The molecular formula is C19H12ClN4O3. The number of hydrogen-bond donors (Lipinski definition) is 0. The number of likely N-dealkylation sites (tertiary alicyclic amines) is 1. The summed E-state index contributed by atoms with van der Waals surface area (Å²) in [4.78, 5) is 44.0. The van der Waals surface area contributed by atoms with Gasteiger partial charge in [-0.2, -0.15) is 0 Å². The molecule has 1 fully saturated rings. The van der Waals surface area contributed by atoms with Gasteiger partial charge in [0.1, 0.15) is 5.65 Å². The molecule has 1 aromatic carbocycles. The Morgan fingerprint density at radius 1 is 1.15 bits per heavy atom. The van der Waals surface area contributed by atoms with E-state index in [0.29, 0.717) is 27.6 Å². The van der Waals surface area contributed by atoms with Crippen LogP contribution in [-0.4, -0.2) is 32.0 Å². The highest BCUT2D eigenvalue weighted by molar-refractivity contribution is 6.31. The Hall–Kier alpha value is -3.19. The fourth-order valence-corrected chi connectivity index (χ4v) is 3.94. The van der Waals surface area contributed by atoms with Gasteiger partial charge in [0, 0.05) is 23.0 Å². The van der Waals surface area contributed by atoms with Crippen molar-refractivity contribution in [2.45, 2.75) is 18.4 Å². The van der Waals surface area contributed by atoms with Gasteiger partial charge in [0.25, 0.3) is 5.91 Å². The normalized spacial score (nSPS) is 21.4. The zero-order valence-corrected chi connectivity index (χ0v) is 14.7. The van der Waals surface area contributed by atoms with E-state index < -0.39 is 23.1 Å². The van der Waals surface area contributed by atoms with Gasteiger partial charge in [-0.1, -0.05) is 17.7 Å². The predicted octanol–water partition coefficient (Wildman–Crippen LogP) is 1.96. The van der Waals surface area contributed by atoms with Crippen molar-refractivity contribution < 1.29 is 14.4 Å². The van der Waals surface area contributed by atoms with E-state index in [1.165, 1.54) is 0 Å². The van der Waals surface area contributed by atoms with Gasteiger partial charge in [-0.15, -0.1) is 0 Å². The molecule has 1 spiro atoms. The van der Waals surface area contributed by atoms with E-state index in [0.717, 1.165) is 4.90 Å². The van der Waals surface area contributed by atoms with Gasteiger partial charge in [-0.25, -0.2) is 10.3 Å². The molecule has 5 rings (SSSR count). The minimum atomic E-state index is -1.60. The number of nitrogens with zero attached hydrogens (tertiary/aromatic N) is 4. The molecule has 0 N–H and O–H groups in total. The molecule has 0 saturated carbocycles. The maximum absolute atomic E-state index is 13.2. The van der Waals surface area contributed by atoms with Crippen LogP contribution in [0, 0.1) is 0 Å². The third kappa shape index (κ3) is 2.15. The molecule has 133 valence electrons. The Bertz CT molecular complexity index is 1120. The van der Waals surface area contributed by atoms with Gasteiger partial charge in [-0.05, 0) is 30.3 Å². The lowest BCUT2D eigenvalue weighted by Crippen LogP contribution is -2.43. The fourth-order valence-electron chi connectivity index (χ4n) is 3.77. The summed E-state index contributed by atoms with van der Waals surface area (Å²) in [6, 6.07) is 10.3. The van der Waals surface area contributed by atoms with E-state index in [1.807, 2.05) is 24.4 Å². The van der Waals surface area contributed by atoms with E-state index in [1.54, 1.807) is 28.8 Å². The lowest BCUT2D eigenvalue weighted by atomic mass is 9.80. The summed E-state index contributed by atoms with van der Waals surface area (Å²) < 4.78 is 1.81. The summed E-state index contributed by atoms with van der Waals surface area (Å²) in [6.07, 6.45) is 3.35. The Morgan fingerprint density at radius 2 is 2.00 bits per heavy atom. The zero-order valence-electron chi connectivity index (χ0n) is 13.9. The molecule has 2 aliphatic rings. The molecule has 1 saturated heterocycles. The van der Waals surface area contributed by atoms with Crippen molar-refractivity contribution in [3.63, 3.8) is 0 Å². The summed E-state index contributed by atoms with van der Waals surface area (Å²) in [5.74, 6) is -1.61. The smallest absolute Gasteiger partial charge is 0.267 e. The highest BCUT2D eigenvalue weighted by Crippen LogP contribution is 2.46. The van der Waals surface area contributed by atoms with Crippen molar-refractivity contribution >= 4 is 40.7 Å². The number of rotatable bonds is 2. The van der Waals surface area contributed by atoms with Crippen LogP contribution in [0.5, 0.6) is 0 Å². The average molecular weight is 380 g/mol. The van der Waals surface area contributed by atoms with Crippen molar-refractivity contribution in [1.29, 1.82) is 0 Å². The molecule has 1 radical (unpaired) electrons. The number of benzene rings is 1. The maximum atomic E-state index is 13.2. The molecule has 0 bridgehead atoms. The standard InChI is InChI=1S/C19H12ClN4O3/c20-11-4-5-14-13(7-11)19(17(26)22-14)8-16(25)24(18(19)27)10-12-9-23-6-2-1-3-15(23)21-12/h1-7,9H,8,10H2. The number of pyridine rings is 1. The van der Waals surface area contributed by atoms with Crippen LogP contribution < -0.4 is 5.32 Å².